The largest absolute Gasteiger partial charge is 0.466 e. The van der Waals surface area contributed by atoms with Crippen molar-refractivity contribution in [2.75, 3.05) is 13.2 Å². The first-order valence-corrected chi connectivity index (χ1v) is 28.4. The summed E-state index contributed by atoms with van der Waals surface area (Å²) < 4.78 is 5.48. The topological polar surface area (TPSA) is 95.9 Å². The molecule has 0 rings (SSSR count). The van der Waals surface area contributed by atoms with Crippen molar-refractivity contribution < 1.29 is 24.5 Å². The molecule has 0 bridgehead atoms. The standard InChI is InChI=1S/C57H111NO5/c1-3-5-7-9-11-13-15-17-18-20-24-27-31-35-39-43-47-51-57(62)63-52-48-44-40-36-32-28-25-22-19-21-23-26-30-34-38-42-46-50-56(61)58-54(53-59)55(60)49-45-41-37-33-29-16-14-12-10-8-6-4-2/h17-18,54-55,59-60H,3-16,19-53H2,1-2H3,(H,58,61)/b18-17-. The van der Waals surface area contributed by atoms with Crippen LogP contribution < -0.4 is 5.32 Å². The molecule has 0 aliphatic carbocycles. The molecule has 6 heteroatoms. The first kappa shape index (κ1) is 61.6. The Bertz CT molecular complexity index is 939. The van der Waals surface area contributed by atoms with Gasteiger partial charge in [-0.05, 0) is 51.4 Å². The number of nitrogens with one attached hydrogen (secondary N) is 1. The van der Waals surface area contributed by atoms with Gasteiger partial charge in [0.1, 0.15) is 0 Å². The number of amides is 1. The third-order valence-electron chi connectivity index (χ3n) is 13.3. The Hall–Kier alpha value is -1.40. The van der Waals surface area contributed by atoms with Crippen LogP contribution in [0.15, 0.2) is 12.2 Å². The number of ether oxygens (including phenoxy) is 1. The van der Waals surface area contributed by atoms with E-state index >= 15 is 0 Å². The van der Waals surface area contributed by atoms with Gasteiger partial charge in [-0.3, -0.25) is 9.59 Å². The van der Waals surface area contributed by atoms with Crippen LogP contribution in [0.4, 0.5) is 0 Å². The molecule has 2 unspecified atom stereocenters. The molecule has 0 aliphatic heterocycles. The van der Waals surface area contributed by atoms with E-state index in [1.54, 1.807) is 0 Å². The molecule has 63 heavy (non-hydrogen) atoms. The fourth-order valence-electron chi connectivity index (χ4n) is 8.93. The van der Waals surface area contributed by atoms with Gasteiger partial charge in [-0.2, -0.15) is 0 Å². The zero-order valence-corrected chi connectivity index (χ0v) is 42.6. The van der Waals surface area contributed by atoms with Gasteiger partial charge in [-0.25, -0.2) is 0 Å². The summed E-state index contributed by atoms with van der Waals surface area (Å²) in [6.45, 7) is 4.94. The lowest BCUT2D eigenvalue weighted by Crippen LogP contribution is -2.45. The second kappa shape index (κ2) is 53.2. The molecule has 3 N–H and O–H groups in total. The van der Waals surface area contributed by atoms with Gasteiger partial charge in [-0.15, -0.1) is 0 Å². The maximum absolute atomic E-state index is 12.4. The van der Waals surface area contributed by atoms with Crippen LogP contribution in [0.1, 0.15) is 316 Å². The van der Waals surface area contributed by atoms with Gasteiger partial charge in [0.05, 0.1) is 25.4 Å². The zero-order valence-electron chi connectivity index (χ0n) is 42.6. The van der Waals surface area contributed by atoms with E-state index in [0.29, 0.717) is 25.9 Å². The van der Waals surface area contributed by atoms with Crippen LogP contribution in [-0.4, -0.2) is 47.4 Å². The molecular weight excluding hydrogens is 779 g/mol. The third-order valence-corrected chi connectivity index (χ3v) is 13.3. The van der Waals surface area contributed by atoms with Crippen LogP contribution in [-0.2, 0) is 14.3 Å². The molecule has 0 radical (unpaired) electrons. The number of esters is 1. The van der Waals surface area contributed by atoms with Crippen molar-refractivity contribution in [2.45, 2.75) is 328 Å². The van der Waals surface area contributed by atoms with Gasteiger partial charge in [0.25, 0.3) is 0 Å². The van der Waals surface area contributed by atoms with Crippen molar-refractivity contribution in [3.63, 3.8) is 0 Å². The van der Waals surface area contributed by atoms with Crippen LogP contribution in [0.25, 0.3) is 0 Å². The van der Waals surface area contributed by atoms with Gasteiger partial charge in [0.15, 0.2) is 0 Å². The molecular formula is C57H111NO5. The summed E-state index contributed by atoms with van der Waals surface area (Å²) in [5.74, 6) is -0.0373. The highest BCUT2D eigenvalue weighted by Gasteiger charge is 2.20. The molecule has 1 amide bonds. The van der Waals surface area contributed by atoms with E-state index < -0.39 is 12.1 Å². The number of aliphatic hydroxyl groups is 2. The summed E-state index contributed by atoms with van der Waals surface area (Å²) in [6.07, 6.45) is 62.0. The van der Waals surface area contributed by atoms with E-state index in [2.05, 4.69) is 31.3 Å². The second-order valence-electron chi connectivity index (χ2n) is 19.6. The van der Waals surface area contributed by atoms with Crippen LogP contribution >= 0.6 is 0 Å². The van der Waals surface area contributed by atoms with Crippen molar-refractivity contribution >= 4 is 11.9 Å². The molecule has 0 aromatic heterocycles. The van der Waals surface area contributed by atoms with Gasteiger partial charge in [0.2, 0.25) is 5.91 Å². The Balaban J connectivity index is 3.39. The molecule has 0 heterocycles. The number of allylic oxidation sites excluding steroid dienone is 2. The van der Waals surface area contributed by atoms with Gasteiger partial charge < -0.3 is 20.3 Å². The molecule has 2 atom stereocenters. The molecule has 0 aromatic rings. The molecule has 6 nitrogen and oxygen atoms in total. The smallest absolute Gasteiger partial charge is 0.305 e. The minimum absolute atomic E-state index is 0.00247. The minimum atomic E-state index is -0.666. The van der Waals surface area contributed by atoms with Crippen LogP contribution in [0.2, 0.25) is 0 Å². The molecule has 0 aliphatic rings. The molecule has 374 valence electrons. The fourth-order valence-corrected chi connectivity index (χ4v) is 8.93. The summed E-state index contributed by atoms with van der Waals surface area (Å²) in [6, 6.07) is -0.544. The summed E-state index contributed by atoms with van der Waals surface area (Å²) in [4.78, 5) is 24.5. The fraction of sp³-hybridized carbons (Fsp3) is 0.930. The number of aliphatic hydroxyl groups excluding tert-OH is 2. The summed E-state index contributed by atoms with van der Waals surface area (Å²) in [7, 11) is 0. The lowest BCUT2D eigenvalue weighted by molar-refractivity contribution is -0.143. The van der Waals surface area contributed by atoms with E-state index in [-0.39, 0.29) is 18.5 Å². The van der Waals surface area contributed by atoms with Gasteiger partial charge in [-0.1, -0.05) is 264 Å². The van der Waals surface area contributed by atoms with Crippen molar-refractivity contribution in [1.82, 2.24) is 5.32 Å². The van der Waals surface area contributed by atoms with Crippen molar-refractivity contribution in [1.29, 1.82) is 0 Å². The molecule has 0 aromatic carbocycles. The quantitative estimate of drug-likeness (QED) is 0.0321. The number of carbonyl (C=O) groups is 2. The summed E-state index contributed by atoms with van der Waals surface area (Å²) in [5.41, 5.74) is 0. The highest BCUT2D eigenvalue weighted by Crippen LogP contribution is 2.17. The van der Waals surface area contributed by atoms with Crippen LogP contribution in [0.3, 0.4) is 0 Å². The Morgan fingerprint density at radius 3 is 1.13 bits per heavy atom. The predicted octanol–water partition coefficient (Wildman–Crippen LogP) is 17.3. The minimum Gasteiger partial charge on any atom is -0.466 e. The maximum Gasteiger partial charge on any atom is 0.305 e. The van der Waals surface area contributed by atoms with E-state index in [4.69, 9.17) is 4.74 Å². The molecule has 0 spiro atoms. The Morgan fingerprint density at radius 1 is 0.429 bits per heavy atom. The van der Waals surface area contributed by atoms with E-state index in [0.717, 1.165) is 44.9 Å². The SMILES string of the molecule is CCCCCCCC/C=C\CCCCCCCCCC(=O)OCCCCCCCCCCCCCCCCCCCC(=O)NC(CO)C(O)CCCCCCCCCCCCCC. The van der Waals surface area contributed by atoms with E-state index in [1.165, 1.54) is 238 Å². The zero-order chi connectivity index (χ0) is 45.8. The highest BCUT2D eigenvalue weighted by atomic mass is 16.5. The van der Waals surface area contributed by atoms with Crippen molar-refractivity contribution in [3.05, 3.63) is 12.2 Å². The molecule has 0 saturated heterocycles. The Kier molecular flexibility index (Phi) is 52.0. The highest BCUT2D eigenvalue weighted by molar-refractivity contribution is 5.76. The second-order valence-corrected chi connectivity index (χ2v) is 19.6. The number of hydrogen-bond acceptors (Lipinski definition) is 5. The molecule has 0 saturated carbocycles. The number of unbranched alkanes of at least 4 members (excludes halogenated alkanes) is 40. The first-order chi connectivity index (χ1) is 31.0. The Labute approximate surface area is 393 Å². The van der Waals surface area contributed by atoms with Gasteiger partial charge >= 0.3 is 5.97 Å². The average Bonchev–Trinajstić information content (AvgIpc) is 3.28. The lowest BCUT2D eigenvalue weighted by Gasteiger charge is -2.22. The Morgan fingerprint density at radius 2 is 0.746 bits per heavy atom. The summed E-state index contributed by atoms with van der Waals surface area (Å²) in [5, 5.41) is 23.2. The van der Waals surface area contributed by atoms with Crippen LogP contribution in [0.5, 0.6) is 0 Å². The number of rotatable bonds is 53. The van der Waals surface area contributed by atoms with Crippen molar-refractivity contribution in [2.24, 2.45) is 0 Å². The predicted molar refractivity (Wildman–Crippen MR) is 273 cm³/mol. The maximum atomic E-state index is 12.4. The summed E-state index contributed by atoms with van der Waals surface area (Å²) >= 11 is 0. The van der Waals surface area contributed by atoms with E-state index in [9.17, 15) is 19.8 Å². The van der Waals surface area contributed by atoms with E-state index in [1.807, 2.05) is 0 Å². The normalized spacial score (nSPS) is 12.6. The number of hydrogen-bond donors (Lipinski definition) is 3. The lowest BCUT2D eigenvalue weighted by atomic mass is 10.0. The van der Waals surface area contributed by atoms with Gasteiger partial charge in [0, 0.05) is 12.8 Å². The number of carbonyl (C=O) groups excluding carboxylic acids is 2. The third kappa shape index (κ3) is 49.9. The monoisotopic (exact) mass is 890 g/mol. The molecule has 0 fully saturated rings. The first-order valence-electron chi connectivity index (χ1n) is 28.4. The van der Waals surface area contributed by atoms with Crippen molar-refractivity contribution in [3.8, 4) is 0 Å². The van der Waals surface area contributed by atoms with Crippen LogP contribution in [0, 0.1) is 0 Å². The average molecular weight is 891 g/mol.